The molecule has 150 valence electrons. The average Bonchev–Trinajstić information content (AvgIpc) is 3.27. The zero-order valence-electron chi connectivity index (χ0n) is 16.9. The van der Waals surface area contributed by atoms with Gasteiger partial charge >= 0.3 is 0 Å². The van der Waals surface area contributed by atoms with Gasteiger partial charge in [-0.05, 0) is 73.1 Å². The van der Waals surface area contributed by atoms with Crippen molar-refractivity contribution in [2.75, 3.05) is 7.11 Å². The molecule has 0 aromatic heterocycles. The summed E-state index contributed by atoms with van der Waals surface area (Å²) in [6.45, 7) is 0. The van der Waals surface area contributed by atoms with Gasteiger partial charge in [-0.25, -0.2) is 0 Å². The summed E-state index contributed by atoms with van der Waals surface area (Å²) < 4.78 is 11.9. The molecule has 1 fully saturated rings. The second-order valence-electron chi connectivity index (χ2n) is 7.77. The van der Waals surface area contributed by atoms with E-state index in [0.29, 0.717) is 5.75 Å². The average molecular weight is 389 g/mol. The van der Waals surface area contributed by atoms with E-state index in [-0.39, 0.29) is 12.0 Å². The molecule has 0 bridgehead atoms. The molecule has 0 aliphatic heterocycles. The highest BCUT2D eigenvalue weighted by atomic mass is 16.5. The van der Waals surface area contributed by atoms with Gasteiger partial charge in [-0.1, -0.05) is 48.5 Å². The fourth-order valence-electron chi connectivity index (χ4n) is 4.17. The van der Waals surface area contributed by atoms with E-state index < -0.39 is 0 Å². The van der Waals surface area contributed by atoms with Crippen molar-refractivity contribution in [1.29, 1.82) is 0 Å². The third-order valence-corrected chi connectivity index (χ3v) is 5.76. The number of aromatic hydroxyl groups is 1. The first-order valence-corrected chi connectivity index (χ1v) is 10.4. The minimum Gasteiger partial charge on any atom is -0.508 e. The zero-order valence-corrected chi connectivity index (χ0v) is 16.9. The Bertz CT molecular complexity index is 912. The van der Waals surface area contributed by atoms with Gasteiger partial charge in [0, 0.05) is 5.92 Å². The molecular formula is C26H28O3. The van der Waals surface area contributed by atoms with Gasteiger partial charge in [-0.2, -0.15) is 0 Å². The van der Waals surface area contributed by atoms with E-state index in [2.05, 4.69) is 36.4 Å². The molecule has 29 heavy (non-hydrogen) atoms. The first-order valence-electron chi connectivity index (χ1n) is 10.4. The second-order valence-corrected chi connectivity index (χ2v) is 7.77. The van der Waals surface area contributed by atoms with Crippen molar-refractivity contribution in [2.45, 2.75) is 44.1 Å². The van der Waals surface area contributed by atoms with Crippen LogP contribution in [0.25, 0.3) is 0 Å². The van der Waals surface area contributed by atoms with Crippen LogP contribution in [-0.2, 0) is 6.42 Å². The molecule has 0 saturated heterocycles. The molecule has 4 rings (SSSR count). The molecule has 3 nitrogen and oxygen atoms in total. The molecular weight excluding hydrogens is 360 g/mol. The molecule has 0 amide bonds. The number of hydrogen-bond donors (Lipinski definition) is 1. The number of phenolic OH excluding ortho intramolecular Hbond substituents is 1. The monoisotopic (exact) mass is 388 g/mol. The van der Waals surface area contributed by atoms with E-state index in [9.17, 15) is 5.11 Å². The summed E-state index contributed by atoms with van der Waals surface area (Å²) in [5, 5.41) is 9.62. The zero-order chi connectivity index (χ0) is 20.1. The normalized spacial score (nSPS) is 15.2. The lowest BCUT2D eigenvalue weighted by Crippen LogP contribution is -2.12. The van der Waals surface area contributed by atoms with Crippen molar-refractivity contribution in [3.05, 3.63) is 89.5 Å². The fourth-order valence-corrected chi connectivity index (χ4v) is 4.17. The summed E-state index contributed by atoms with van der Waals surface area (Å²) in [4.78, 5) is 0. The predicted octanol–water partition coefficient (Wildman–Crippen LogP) is 6.10. The summed E-state index contributed by atoms with van der Waals surface area (Å²) in [7, 11) is 1.70. The van der Waals surface area contributed by atoms with Crippen LogP contribution in [0.2, 0.25) is 0 Å². The van der Waals surface area contributed by atoms with Gasteiger partial charge in [-0.3, -0.25) is 0 Å². The largest absolute Gasteiger partial charge is 0.508 e. The van der Waals surface area contributed by atoms with E-state index in [0.717, 1.165) is 30.8 Å². The number of hydrogen-bond acceptors (Lipinski definition) is 3. The SMILES string of the molecule is COc1ccc(C(Cc2ccc(O)cc2)c2ccccc2)cc1OC1CCCC1. The van der Waals surface area contributed by atoms with Crippen molar-refractivity contribution in [3.8, 4) is 17.2 Å². The maximum Gasteiger partial charge on any atom is 0.161 e. The van der Waals surface area contributed by atoms with Crippen LogP contribution in [0, 0.1) is 0 Å². The van der Waals surface area contributed by atoms with Gasteiger partial charge in [0.05, 0.1) is 13.2 Å². The van der Waals surface area contributed by atoms with Gasteiger partial charge in [0.2, 0.25) is 0 Å². The highest BCUT2D eigenvalue weighted by Crippen LogP contribution is 2.37. The molecule has 3 aromatic carbocycles. The minimum atomic E-state index is 0.192. The molecule has 0 radical (unpaired) electrons. The fraction of sp³-hybridized carbons (Fsp3) is 0.308. The molecule has 1 atom stereocenters. The minimum absolute atomic E-state index is 0.192. The quantitative estimate of drug-likeness (QED) is 0.532. The maximum atomic E-state index is 9.62. The summed E-state index contributed by atoms with van der Waals surface area (Å²) in [6, 6.07) is 24.3. The summed E-state index contributed by atoms with van der Waals surface area (Å²) in [5.41, 5.74) is 3.65. The van der Waals surface area contributed by atoms with Crippen molar-refractivity contribution in [3.63, 3.8) is 0 Å². The highest BCUT2D eigenvalue weighted by molar-refractivity contribution is 5.47. The standard InChI is InChI=1S/C26H28O3/c1-28-25-16-13-21(18-26(25)29-23-9-5-6-10-23)24(20-7-3-2-4-8-20)17-19-11-14-22(27)15-12-19/h2-4,7-8,11-16,18,23-24,27H,5-6,9-10,17H2,1H3. The predicted molar refractivity (Wildman–Crippen MR) is 116 cm³/mol. The Morgan fingerprint density at radius 3 is 2.28 bits per heavy atom. The molecule has 1 unspecified atom stereocenters. The third-order valence-electron chi connectivity index (χ3n) is 5.76. The molecule has 1 saturated carbocycles. The van der Waals surface area contributed by atoms with Crippen molar-refractivity contribution < 1.29 is 14.6 Å². The Morgan fingerprint density at radius 2 is 1.59 bits per heavy atom. The lowest BCUT2D eigenvalue weighted by molar-refractivity contribution is 0.200. The summed E-state index contributed by atoms with van der Waals surface area (Å²) in [5.74, 6) is 2.11. The molecule has 1 N–H and O–H groups in total. The summed E-state index contributed by atoms with van der Waals surface area (Å²) >= 11 is 0. The van der Waals surface area contributed by atoms with Crippen LogP contribution in [0.15, 0.2) is 72.8 Å². The third kappa shape index (κ3) is 4.73. The van der Waals surface area contributed by atoms with E-state index in [1.807, 2.05) is 24.3 Å². The Labute approximate surface area is 172 Å². The lowest BCUT2D eigenvalue weighted by Gasteiger charge is -2.22. The van der Waals surface area contributed by atoms with Gasteiger partial charge in [-0.15, -0.1) is 0 Å². The van der Waals surface area contributed by atoms with Crippen molar-refractivity contribution >= 4 is 0 Å². The number of rotatable bonds is 7. The van der Waals surface area contributed by atoms with E-state index >= 15 is 0 Å². The van der Waals surface area contributed by atoms with E-state index in [1.54, 1.807) is 19.2 Å². The van der Waals surface area contributed by atoms with Crippen molar-refractivity contribution in [2.24, 2.45) is 0 Å². The van der Waals surface area contributed by atoms with Crippen LogP contribution in [0.3, 0.4) is 0 Å². The topological polar surface area (TPSA) is 38.7 Å². The number of benzene rings is 3. The van der Waals surface area contributed by atoms with Crippen LogP contribution in [-0.4, -0.2) is 18.3 Å². The highest BCUT2D eigenvalue weighted by Gasteiger charge is 2.21. The number of ether oxygens (including phenoxy) is 2. The molecule has 3 heteroatoms. The Balaban J connectivity index is 1.68. The first kappa shape index (κ1) is 19.4. The first-order chi connectivity index (χ1) is 14.2. The van der Waals surface area contributed by atoms with Gasteiger partial charge in [0.25, 0.3) is 0 Å². The van der Waals surface area contributed by atoms with Gasteiger partial charge in [0.1, 0.15) is 5.75 Å². The Hall–Kier alpha value is -2.94. The van der Waals surface area contributed by atoms with Crippen molar-refractivity contribution in [1.82, 2.24) is 0 Å². The van der Waals surface area contributed by atoms with Gasteiger partial charge < -0.3 is 14.6 Å². The van der Waals surface area contributed by atoms with E-state index in [1.165, 1.54) is 29.5 Å². The lowest BCUT2D eigenvalue weighted by atomic mass is 9.86. The molecule has 3 aromatic rings. The van der Waals surface area contributed by atoms with Crippen LogP contribution >= 0.6 is 0 Å². The van der Waals surface area contributed by atoms with Crippen LogP contribution < -0.4 is 9.47 Å². The molecule has 1 aliphatic carbocycles. The molecule has 1 aliphatic rings. The van der Waals surface area contributed by atoms with Crippen LogP contribution in [0.4, 0.5) is 0 Å². The van der Waals surface area contributed by atoms with Crippen LogP contribution in [0.5, 0.6) is 17.2 Å². The smallest absolute Gasteiger partial charge is 0.161 e. The van der Waals surface area contributed by atoms with Crippen LogP contribution in [0.1, 0.15) is 48.3 Å². The molecule has 0 spiro atoms. The maximum absolute atomic E-state index is 9.62. The summed E-state index contributed by atoms with van der Waals surface area (Å²) in [6.07, 6.45) is 5.83. The Morgan fingerprint density at radius 1 is 0.862 bits per heavy atom. The Kier molecular flexibility index (Phi) is 6.04. The second kappa shape index (κ2) is 9.04. The number of phenols is 1. The van der Waals surface area contributed by atoms with E-state index in [4.69, 9.17) is 9.47 Å². The number of methoxy groups -OCH3 is 1. The van der Waals surface area contributed by atoms with Gasteiger partial charge in [0.15, 0.2) is 11.5 Å². The molecule has 0 heterocycles.